The van der Waals surface area contributed by atoms with Gasteiger partial charge in [0.2, 0.25) is 11.8 Å². The highest BCUT2D eigenvalue weighted by Gasteiger charge is 2.57. The molecule has 1 fully saturated rings. The Morgan fingerprint density at radius 2 is 2.22 bits per heavy atom. The first-order chi connectivity index (χ1) is 8.58. The highest BCUT2D eigenvalue weighted by atomic mass is 16.5. The first-order valence-corrected chi connectivity index (χ1v) is 5.72. The van der Waals surface area contributed by atoms with Crippen molar-refractivity contribution in [2.45, 2.75) is 19.8 Å². The molecule has 18 heavy (non-hydrogen) atoms. The van der Waals surface area contributed by atoms with E-state index in [1.165, 1.54) is 6.20 Å². The summed E-state index contributed by atoms with van der Waals surface area (Å²) in [6.07, 6.45) is 2.22. The Bertz CT molecular complexity index is 465. The largest absolute Gasteiger partial charge is 0.480 e. The predicted molar refractivity (Wildman–Crippen MR) is 63.3 cm³/mol. The summed E-state index contributed by atoms with van der Waals surface area (Å²) in [5, 5.41) is 11.5. The second-order valence-corrected chi connectivity index (χ2v) is 4.16. The van der Waals surface area contributed by atoms with E-state index in [9.17, 15) is 9.59 Å². The van der Waals surface area contributed by atoms with Crippen LogP contribution in [0.25, 0.3) is 0 Å². The number of rotatable bonds is 5. The maximum Gasteiger partial charge on any atom is 0.319 e. The van der Waals surface area contributed by atoms with E-state index in [0.717, 1.165) is 0 Å². The van der Waals surface area contributed by atoms with Gasteiger partial charge in [-0.15, -0.1) is 0 Å². The minimum Gasteiger partial charge on any atom is -0.480 e. The second-order valence-electron chi connectivity index (χ2n) is 4.16. The number of hydrogen-bond donors (Lipinski definition) is 2. The molecule has 1 aromatic heterocycles. The van der Waals surface area contributed by atoms with Gasteiger partial charge in [-0.2, -0.15) is 0 Å². The first kappa shape index (κ1) is 12.3. The molecule has 1 saturated carbocycles. The fourth-order valence-corrected chi connectivity index (χ4v) is 1.60. The topological polar surface area (TPSA) is 88.5 Å². The van der Waals surface area contributed by atoms with Crippen LogP contribution in [0.5, 0.6) is 5.88 Å². The summed E-state index contributed by atoms with van der Waals surface area (Å²) in [7, 11) is 0. The number of aromatic nitrogens is 1. The number of aliphatic carboxylic acids is 1. The summed E-state index contributed by atoms with van der Waals surface area (Å²) < 4.78 is 5.17. The van der Waals surface area contributed by atoms with Gasteiger partial charge in [0, 0.05) is 6.07 Å². The number of carbonyl (C=O) groups is 2. The van der Waals surface area contributed by atoms with Gasteiger partial charge in [-0.3, -0.25) is 9.59 Å². The number of carboxylic acids is 1. The van der Waals surface area contributed by atoms with E-state index in [2.05, 4.69) is 10.3 Å². The molecule has 1 aromatic rings. The van der Waals surface area contributed by atoms with Crippen molar-refractivity contribution >= 4 is 17.6 Å². The van der Waals surface area contributed by atoms with E-state index in [0.29, 0.717) is 31.0 Å². The number of carboxylic acid groups (broad SMARTS) is 1. The lowest BCUT2D eigenvalue weighted by molar-refractivity contribution is -0.147. The Morgan fingerprint density at radius 3 is 2.67 bits per heavy atom. The van der Waals surface area contributed by atoms with Gasteiger partial charge in [0.05, 0.1) is 18.5 Å². The van der Waals surface area contributed by atoms with Gasteiger partial charge in [0.1, 0.15) is 5.41 Å². The third-order valence-electron chi connectivity index (χ3n) is 2.88. The molecule has 0 spiro atoms. The smallest absolute Gasteiger partial charge is 0.319 e. The Labute approximate surface area is 104 Å². The summed E-state index contributed by atoms with van der Waals surface area (Å²) in [4.78, 5) is 26.7. The van der Waals surface area contributed by atoms with Gasteiger partial charge in [0.15, 0.2) is 0 Å². The minimum absolute atomic E-state index is 0.388. The fourth-order valence-electron chi connectivity index (χ4n) is 1.60. The van der Waals surface area contributed by atoms with E-state index < -0.39 is 17.3 Å². The van der Waals surface area contributed by atoms with Crippen LogP contribution in [0.4, 0.5) is 5.69 Å². The van der Waals surface area contributed by atoms with Crippen molar-refractivity contribution in [2.75, 3.05) is 11.9 Å². The molecule has 96 valence electrons. The zero-order chi connectivity index (χ0) is 13.2. The molecular weight excluding hydrogens is 236 g/mol. The van der Waals surface area contributed by atoms with Crippen LogP contribution in [-0.2, 0) is 9.59 Å². The lowest BCUT2D eigenvalue weighted by Crippen LogP contribution is -2.31. The maximum absolute atomic E-state index is 11.8. The minimum atomic E-state index is -1.24. The third kappa shape index (κ3) is 2.27. The van der Waals surface area contributed by atoms with Gasteiger partial charge in [-0.1, -0.05) is 0 Å². The summed E-state index contributed by atoms with van der Waals surface area (Å²) in [5.74, 6) is -1.09. The quantitative estimate of drug-likeness (QED) is 0.768. The molecule has 0 aromatic carbocycles. The van der Waals surface area contributed by atoms with Gasteiger partial charge in [-0.25, -0.2) is 4.98 Å². The van der Waals surface area contributed by atoms with Gasteiger partial charge in [-0.05, 0) is 25.8 Å². The summed E-state index contributed by atoms with van der Waals surface area (Å²) >= 11 is 0. The Hall–Kier alpha value is -2.11. The average molecular weight is 250 g/mol. The van der Waals surface area contributed by atoms with E-state index in [1.54, 1.807) is 12.1 Å². The monoisotopic (exact) mass is 250 g/mol. The van der Waals surface area contributed by atoms with Crippen molar-refractivity contribution in [1.29, 1.82) is 0 Å². The standard InChI is InChI=1S/C12H14N2O4/c1-2-18-9-4-3-8(7-13-9)14-10(15)12(5-6-12)11(16)17/h3-4,7H,2,5-6H2,1H3,(H,14,15)(H,16,17). The Kier molecular flexibility index (Phi) is 3.18. The zero-order valence-electron chi connectivity index (χ0n) is 9.97. The molecule has 0 unspecified atom stereocenters. The van der Waals surface area contributed by atoms with Gasteiger partial charge in [0.25, 0.3) is 0 Å². The van der Waals surface area contributed by atoms with Crippen LogP contribution < -0.4 is 10.1 Å². The van der Waals surface area contributed by atoms with Crippen LogP contribution in [0.1, 0.15) is 19.8 Å². The molecule has 6 heteroatoms. The van der Waals surface area contributed by atoms with Crippen molar-refractivity contribution in [3.63, 3.8) is 0 Å². The number of ether oxygens (including phenoxy) is 1. The molecule has 2 rings (SSSR count). The molecule has 0 radical (unpaired) electrons. The molecule has 1 amide bonds. The summed E-state index contributed by atoms with van der Waals surface area (Å²) in [5.41, 5.74) is -0.769. The third-order valence-corrected chi connectivity index (χ3v) is 2.88. The van der Waals surface area contributed by atoms with Crippen molar-refractivity contribution in [3.05, 3.63) is 18.3 Å². The van der Waals surface area contributed by atoms with E-state index >= 15 is 0 Å². The molecule has 1 aliphatic carbocycles. The van der Waals surface area contributed by atoms with Crippen molar-refractivity contribution in [1.82, 2.24) is 4.98 Å². The second kappa shape index (κ2) is 4.64. The summed E-state index contributed by atoms with van der Waals surface area (Å²) in [6.45, 7) is 2.36. The normalized spacial score (nSPS) is 15.8. The highest BCUT2D eigenvalue weighted by molar-refractivity contribution is 6.10. The molecule has 0 aliphatic heterocycles. The van der Waals surface area contributed by atoms with Crippen molar-refractivity contribution < 1.29 is 19.4 Å². The number of nitrogens with zero attached hydrogens (tertiary/aromatic N) is 1. The number of hydrogen-bond acceptors (Lipinski definition) is 4. The maximum atomic E-state index is 11.8. The summed E-state index contributed by atoms with van der Waals surface area (Å²) in [6, 6.07) is 3.26. The number of amides is 1. The molecular formula is C12H14N2O4. The van der Waals surface area contributed by atoms with Crippen LogP contribution in [0.2, 0.25) is 0 Å². The van der Waals surface area contributed by atoms with Gasteiger partial charge >= 0.3 is 5.97 Å². The number of pyridine rings is 1. The highest BCUT2D eigenvalue weighted by Crippen LogP contribution is 2.46. The number of anilines is 1. The van der Waals surface area contributed by atoms with Crippen LogP contribution in [-0.4, -0.2) is 28.6 Å². The molecule has 1 heterocycles. The van der Waals surface area contributed by atoms with Crippen LogP contribution >= 0.6 is 0 Å². The Morgan fingerprint density at radius 1 is 1.50 bits per heavy atom. The lowest BCUT2D eigenvalue weighted by atomic mass is 10.1. The molecule has 6 nitrogen and oxygen atoms in total. The predicted octanol–water partition coefficient (Wildman–Crippen LogP) is 1.28. The van der Waals surface area contributed by atoms with E-state index in [4.69, 9.17) is 9.84 Å². The molecule has 2 N–H and O–H groups in total. The Balaban J connectivity index is 2.01. The van der Waals surface area contributed by atoms with Crippen molar-refractivity contribution in [3.8, 4) is 5.88 Å². The molecule has 0 atom stereocenters. The van der Waals surface area contributed by atoms with Crippen LogP contribution in [0.15, 0.2) is 18.3 Å². The van der Waals surface area contributed by atoms with Gasteiger partial charge < -0.3 is 15.2 Å². The number of carbonyl (C=O) groups excluding carboxylic acids is 1. The van der Waals surface area contributed by atoms with Crippen LogP contribution in [0.3, 0.4) is 0 Å². The SMILES string of the molecule is CCOc1ccc(NC(=O)C2(C(=O)O)CC2)cn1. The molecule has 0 bridgehead atoms. The first-order valence-electron chi connectivity index (χ1n) is 5.72. The fraction of sp³-hybridized carbons (Fsp3) is 0.417. The lowest BCUT2D eigenvalue weighted by Gasteiger charge is -2.10. The van der Waals surface area contributed by atoms with E-state index in [1.807, 2.05) is 6.92 Å². The van der Waals surface area contributed by atoms with E-state index in [-0.39, 0.29) is 0 Å². The van der Waals surface area contributed by atoms with Crippen LogP contribution in [0, 0.1) is 5.41 Å². The average Bonchev–Trinajstić information content (AvgIpc) is 3.13. The number of nitrogens with one attached hydrogen (secondary N) is 1. The molecule has 1 aliphatic rings. The van der Waals surface area contributed by atoms with Crippen molar-refractivity contribution in [2.24, 2.45) is 5.41 Å². The molecule has 0 saturated heterocycles. The zero-order valence-corrected chi connectivity index (χ0v) is 9.97.